The Balaban J connectivity index is 2.40. The third kappa shape index (κ3) is 3.72. The molecule has 1 aromatic heterocycles. The number of carbonyl (C=O) groups is 1. The molecule has 0 radical (unpaired) electrons. The Labute approximate surface area is 131 Å². The van der Waals surface area contributed by atoms with Gasteiger partial charge in [0.15, 0.2) is 0 Å². The van der Waals surface area contributed by atoms with Crippen LogP contribution in [-0.2, 0) is 10.9 Å². The first-order valence-electron chi connectivity index (χ1n) is 7.18. The molecule has 0 atom stereocenters. The van der Waals surface area contributed by atoms with Crippen molar-refractivity contribution >= 4 is 5.97 Å². The minimum atomic E-state index is -4.39. The minimum Gasteiger partial charge on any atom is -0.462 e. The maximum Gasteiger partial charge on any atom is 0.416 e. The molecular weight excluding hydrogens is 309 g/mol. The Morgan fingerprint density at radius 3 is 2.35 bits per heavy atom. The number of aromatic nitrogens is 2. The number of hydrogen-bond acceptors (Lipinski definition) is 3. The zero-order valence-electron chi connectivity index (χ0n) is 13.0. The van der Waals surface area contributed by atoms with Crippen LogP contribution in [0.1, 0.15) is 48.3 Å². The predicted octanol–water partition coefficient (Wildman–Crippen LogP) is 4.19. The van der Waals surface area contributed by atoms with Crippen molar-refractivity contribution in [1.29, 1.82) is 0 Å². The zero-order chi connectivity index (χ0) is 17.2. The molecule has 2 rings (SSSR count). The number of nitrogens with zero attached hydrogens (tertiary/aromatic N) is 2. The van der Waals surface area contributed by atoms with Gasteiger partial charge in [-0.2, -0.15) is 18.3 Å². The highest BCUT2D eigenvalue weighted by Gasteiger charge is 2.30. The number of carbonyl (C=O) groups excluding carboxylic acids is 1. The van der Waals surface area contributed by atoms with E-state index in [1.54, 1.807) is 6.92 Å². The first kappa shape index (κ1) is 17.1. The molecule has 23 heavy (non-hydrogen) atoms. The Hall–Kier alpha value is -2.31. The van der Waals surface area contributed by atoms with Crippen molar-refractivity contribution in [2.24, 2.45) is 0 Å². The lowest BCUT2D eigenvalue weighted by Gasteiger charge is -2.07. The van der Waals surface area contributed by atoms with Gasteiger partial charge in [0.25, 0.3) is 0 Å². The Kier molecular flexibility index (Phi) is 4.77. The summed E-state index contributed by atoms with van der Waals surface area (Å²) in [6, 6.07) is 4.59. The zero-order valence-corrected chi connectivity index (χ0v) is 13.0. The molecule has 0 unspecified atom stereocenters. The second-order valence-electron chi connectivity index (χ2n) is 5.29. The summed E-state index contributed by atoms with van der Waals surface area (Å²) in [6.07, 6.45) is -2.91. The van der Waals surface area contributed by atoms with E-state index in [0.717, 1.165) is 12.1 Å². The maximum atomic E-state index is 12.6. The molecule has 0 fully saturated rings. The molecule has 1 aromatic carbocycles. The van der Waals surface area contributed by atoms with Crippen LogP contribution in [-0.4, -0.2) is 22.4 Å². The number of rotatable bonds is 4. The van der Waals surface area contributed by atoms with Crippen LogP contribution in [0.2, 0.25) is 0 Å². The average molecular weight is 326 g/mol. The predicted molar refractivity (Wildman–Crippen MR) is 78.6 cm³/mol. The summed E-state index contributed by atoms with van der Waals surface area (Å²) >= 11 is 0. The summed E-state index contributed by atoms with van der Waals surface area (Å²) in [5.41, 5.74) is 0.573. The largest absolute Gasteiger partial charge is 0.462 e. The minimum absolute atomic E-state index is 0.0231. The van der Waals surface area contributed by atoms with Crippen molar-refractivity contribution in [1.82, 2.24) is 9.78 Å². The van der Waals surface area contributed by atoms with Gasteiger partial charge in [-0.05, 0) is 37.1 Å². The van der Waals surface area contributed by atoms with Crippen LogP contribution in [0.3, 0.4) is 0 Å². The van der Waals surface area contributed by atoms with Gasteiger partial charge in [0.1, 0.15) is 5.56 Å². The maximum absolute atomic E-state index is 12.6. The summed E-state index contributed by atoms with van der Waals surface area (Å²) in [5, 5.41) is 4.31. The molecule has 4 nitrogen and oxygen atoms in total. The number of esters is 1. The van der Waals surface area contributed by atoms with E-state index >= 15 is 0 Å². The van der Waals surface area contributed by atoms with Crippen LogP contribution >= 0.6 is 0 Å². The van der Waals surface area contributed by atoms with E-state index in [0.29, 0.717) is 16.9 Å². The van der Waals surface area contributed by atoms with Crippen molar-refractivity contribution < 1.29 is 22.7 Å². The smallest absolute Gasteiger partial charge is 0.416 e. The lowest BCUT2D eigenvalue weighted by Crippen LogP contribution is -2.07. The molecule has 0 saturated heterocycles. The van der Waals surface area contributed by atoms with Crippen molar-refractivity contribution in [2.75, 3.05) is 6.61 Å². The van der Waals surface area contributed by atoms with Gasteiger partial charge < -0.3 is 4.74 Å². The van der Waals surface area contributed by atoms with Crippen LogP contribution in [0, 0.1) is 0 Å². The number of benzene rings is 1. The Morgan fingerprint density at radius 1 is 1.26 bits per heavy atom. The number of ether oxygens (including phenoxy) is 1. The Bertz CT molecular complexity index is 688. The van der Waals surface area contributed by atoms with Gasteiger partial charge >= 0.3 is 12.1 Å². The summed E-state index contributed by atoms with van der Waals surface area (Å²) in [5.74, 6) is -0.514. The molecule has 0 bridgehead atoms. The highest BCUT2D eigenvalue weighted by Crippen LogP contribution is 2.30. The van der Waals surface area contributed by atoms with Crippen LogP contribution in [0.15, 0.2) is 30.5 Å². The lowest BCUT2D eigenvalue weighted by molar-refractivity contribution is -0.137. The van der Waals surface area contributed by atoms with Gasteiger partial charge in [0, 0.05) is 6.20 Å². The first-order chi connectivity index (χ1) is 10.7. The molecule has 0 aliphatic rings. The molecule has 2 aromatic rings. The highest BCUT2D eigenvalue weighted by molar-refractivity contribution is 5.90. The molecule has 0 saturated carbocycles. The van der Waals surface area contributed by atoms with Gasteiger partial charge in [-0.25, -0.2) is 9.48 Å². The van der Waals surface area contributed by atoms with Crippen LogP contribution in [0.4, 0.5) is 13.2 Å². The van der Waals surface area contributed by atoms with Crippen LogP contribution < -0.4 is 0 Å². The molecule has 0 N–H and O–H groups in total. The van der Waals surface area contributed by atoms with Gasteiger partial charge in [-0.3, -0.25) is 0 Å². The molecule has 0 aliphatic carbocycles. The van der Waals surface area contributed by atoms with Gasteiger partial charge in [-0.1, -0.05) is 13.8 Å². The second-order valence-corrected chi connectivity index (χ2v) is 5.29. The number of alkyl halides is 3. The molecule has 0 spiro atoms. The highest BCUT2D eigenvalue weighted by atomic mass is 19.4. The standard InChI is InChI=1S/C16H17F3N2O2/c1-4-23-15(22)13-9-21(20-14(13)10(2)3)12-7-5-11(6-8-12)16(17,18)19/h5-10H,4H2,1-3H3. The van der Waals surface area contributed by atoms with Crippen LogP contribution in [0.25, 0.3) is 5.69 Å². The van der Waals surface area contributed by atoms with E-state index in [9.17, 15) is 18.0 Å². The van der Waals surface area contributed by atoms with E-state index in [-0.39, 0.29) is 12.5 Å². The number of halogens is 3. The van der Waals surface area contributed by atoms with E-state index in [2.05, 4.69) is 5.10 Å². The Morgan fingerprint density at radius 2 is 1.87 bits per heavy atom. The van der Waals surface area contributed by atoms with Crippen molar-refractivity contribution in [3.05, 3.63) is 47.3 Å². The summed E-state index contributed by atoms with van der Waals surface area (Å²) in [7, 11) is 0. The fourth-order valence-electron chi connectivity index (χ4n) is 2.12. The molecule has 7 heteroatoms. The fraction of sp³-hybridized carbons (Fsp3) is 0.375. The van der Waals surface area contributed by atoms with Gasteiger partial charge in [0.05, 0.1) is 23.6 Å². The molecule has 0 amide bonds. The van der Waals surface area contributed by atoms with Crippen LogP contribution in [0.5, 0.6) is 0 Å². The van der Waals surface area contributed by atoms with Crippen molar-refractivity contribution in [3.63, 3.8) is 0 Å². The fourth-order valence-corrected chi connectivity index (χ4v) is 2.12. The normalized spacial score (nSPS) is 11.8. The molecule has 0 aliphatic heterocycles. The van der Waals surface area contributed by atoms with E-state index < -0.39 is 17.7 Å². The molecule has 124 valence electrons. The van der Waals surface area contributed by atoms with Gasteiger partial charge in [0.2, 0.25) is 0 Å². The first-order valence-corrected chi connectivity index (χ1v) is 7.18. The van der Waals surface area contributed by atoms with E-state index in [1.165, 1.54) is 23.0 Å². The van der Waals surface area contributed by atoms with E-state index in [4.69, 9.17) is 4.74 Å². The summed E-state index contributed by atoms with van der Waals surface area (Å²) in [6.45, 7) is 5.69. The quantitative estimate of drug-likeness (QED) is 0.791. The van der Waals surface area contributed by atoms with Gasteiger partial charge in [-0.15, -0.1) is 0 Å². The third-order valence-electron chi connectivity index (χ3n) is 3.24. The van der Waals surface area contributed by atoms with Crippen molar-refractivity contribution in [3.8, 4) is 5.69 Å². The molecular formula is C16H17F3N2O2. The van der Waals surface area contributed by atoms with Crippen molar-refractivity contribution in [2.45, 2.75) is 32.9 Å². The lowest BCUT2D eigenvalue weighted by atomic mass is 10.1. The summed E-state index contributed by atoms with van der Waals surface area (Å²) in [4.78, 5) is 12.0. The number of hydrogen-bond donors (Lipinski definition) is 0. The third-order valence-corrected chi connectivity index (χ3v) is 3.24. The SMILES string of the molecule is CCOC(=O)c1cn(-c2ccc(C(F)(F)F)cc2)nc1C(C)C. The average Bonchev–Trinajstić information content (AvgIpc) is 2.92. The second kappa shape index (κ2) is 6.44. The topological polar surface area (TPSA) is 44.1 Å². The summed E-state index contributed by atoms with van der Waals surface area (Å²) < 4.78 is 44.2. The van der Waals surface area contributed by atoms with E-state index in [1.807, 2.05) is 13.8 Å². The molecule has 1 heterocycles. The monoisotopic (exact) mass is 326 g/mol.